The van der Waals surface area contributed by atoms with Crippen LogP contribution in [-0.2, 0) is 5.41 Å². The van der Waals surface area contributed by atoms with Crippen molar-refractivity contribution in [2.24, 2.45) is 0 Å². The second-order valence-electron chi connectivity index (χ2n) is 12.4. The number of nitrogens with zero attached hydrogens (tertiary/aromatic N) is 2. The van der Waals surface area contributed by atoms with Crippen LogP contribution in [0.1, 0.15) is 51.3 Å². The van der Waals surface area contributed by atoms with Gasteiger partial charge in [0.15, 0.2) is 0 Å². The van der Waals surface area contributed by atoms with Gasteiger partial charge in [-0.2, -0.15) is 5.26 Å². The largest absolute Gasteiger partial charge is 0.310 e. The average Bonchev–Trinajstić information content (AvgIpc) is 3.42. The first-order valence-electron chi connectivity index (χ1n) is 15.9. The highest BCUT2D eigenvalue weighted by Gasteiger charge is 2.51. The Kier molecular flexibility index (Phi) is 5.95. The zero-order valence-corrected chi connectivity index (χ0v) is 25.3. The Morgan fingerprint density at radius 1 is 0.609 bits per heavy atom. The molecule has 6 aromatic carbocycles. The fraction of sp³-hybridized carbons (Fsp3) is 0.0682. The quantitative estimate of drug-likeness (QED) is 0.206. The van der Waals surface area contributed by atoms with Gasteiger partial charge in [-0.25, -0.2) is 0 Å². The van der Waals surface area contributed by atoms with Crippen molar-refractivity contribution in [3.05, 3.63) is 203 Å². The zero-order chi connectivity index (χ0) is 30.7. The first-order valence-corrected chi connectivity index (χ1v) is 15.9. The zero-order valence-electron chi connectivity index (χ0n) is 25.3. The minimum Gasteiger partial charge on any atom is -0.310 e. The third-order valence-corrected chi connectivity index (χ3v) is 10.1. The Hall–Kier alpha value is -5.91. The third-order valence-electron chi connectivity index (χ3n) is 10.1. The van der Waals surface area contributed by atoms with Gasteiger partial charge < -0.3 is 4.90 Å². The molecule has 0 N–H and O–H groups in total. The maximum Gasteiger partial charge on any atom is 0.0991 e. The molecule has 0 bridgehead atoms. The lowest BCUT2D eigenvalue weighted by atomic mass is 9.64. The van der Waals surface area contributed by atoms with Gasteiger partial charge in [-0.15, -0.1) is 0 Å². The topological polar surface area (TPSA) is 27.0 Å². The van der Waals surface area contributed by atoms with Crippen LogP contribution in [0.2, 0.25) is 0 Å². The Morgan fingerprint density at radius 2 is 1.28 bits per heavy atom. The van der Waals surface area contributed by atoms with Crippen molar-refractivity contribution in [1.29, 1.82) is 5.26 Å². The maximum absolute atomic E-state index is 9.51. The highest BCUT2D eigenvalue weighted by molar-refractivity contribution is 5.95. The summed E-state index contributed by atoms with van der Waals surface area (Å²) in [4.78, 5) is 2.43. The van der Waals surface area contributed by atoms with Gasteiger partial charge in [-0.3, -0.25) is 0 Å². The third kappa shape index (κ3) is 3.76. The predicted molar refractivity (Wildman–Crippen MR) is 188 cm³/mol. The molecule has 1 heterocycles. The summed E-state index contributed by atoms with van der Waals surface area (Å²) in [5.41, 5.74) is 15.4. The van der Waals surface area contributed by atoms with E-state index in [1.807, 2.05) is 18.2 Å². The van der Waals surface area contributed by atoms with Gasteiger partial charge in [0.05, 0.1) is 28.4 Å². The monoisotopic (exact) mass is 586 g/mol. The van der Waals surface area contributed by atoms with Crippen LogP contribution in [0.5, 0.6) is 0 Å². The Bertz CT molecular complexity index is 2220. The van der Waals surface area contributed by atoms with Gasteiger partial charge in [-0.1, -0.05) is 127 Å². The summed E-state index contributed by atoms with van der Waals surface area (Å²) < 4.78 is 0. The van der Waals surface area contributed by atoms with E-state index in [0.717, 1.165) is 17.7 Å². The number of anilines is 3. The van der Waals surface area contributed by atoms with E-state index in [-0.39, 0.29) is 5.92 Å². The molecule has 0 saturated carbocycles. The molecule has 9 rings (SSSR count). The molecule has 2 heteroatoms. The molecule has 2 nitrogen and oxygen atoms in total. The van der Waals surface area contributed by atoms with E-state index in [2.05, 4.69) is 157 Å². The van der Waals surface area contributed by atoms with Crippen molar-refractivity contribution >= 4 is 22.6 Å². The highest BCUT2D eigenvalue weighted by Crippen LogP contribution is 2.63. The molecule has 0 aromatic heterocycles. The summed E-state index contributed by atoms with van der Waals surface area (Å²) in [6, 6.07) is 55.1. The van der Waals surface area contributed by atoms with Crippen LogP contribution in [0, 0.1) is 11.3 Å². The molecule has 46 heavy (non-hydrogen) atoms. The van der Waals surface area contributed by atoms with Crippen LogP contribution in [0.3, 0.4) is 0 Å². The van der Waals surface area contributed by atoms with Crippen molar-refractivity contribution in [3.8, 4) is 17.2 Å². The Morgan fingerprint density at radius 3 is 2.04 bits per heavy atom. The van der Waals surface area contributed by atoms with Gasteiger partial charge in [0.2, 0.25) is 0 Å². The SMILES string of the molecule is N#Cc1cccc(C2=CC=CC(c3ccc4c(c3)C3(c5ccccc5-4)c4ccccc4N(c4ccccc4)c4ccccc43)C2)c1. The first-order chi connectivity index (χ1) is 22.8. The number of allylic oxidation sites excluding steroid dienone is 4. The lowest BCUT2D eigenvalue weighted by Crippen LogP contribution is -2.36. The minimum absolute atomic E-state index is 0.228. The average molecular weight is 587 g/mol. The molecule has 6 aromatic rings. The summed E-state index contributed by atoms with van der Waals surface area (Å²) >= 11 is 0. The van der Waals surface area contributed by atoms with E-state index in [4.69, 9.17) is 0 Å². The Balaban J connectivity index is 1.26. The molecule has 1 aliphatic heterocycles. The molecule has 3 aliphatic rings. The van der Waals surface area contributed by atoms with Crippen molar-refractivity contribution in [1.82, 2.24) is 0 Å². The standard InChI is InChI=1S/C44H30N2/c45-29-30-12-10-13-31(26-30)32-14-11-15-33(27-32)34-24-25-37-36-18-4-5-19-38(36)44(41(37)28-34)39-20-6-8-22-42(39)46(35-16-2-1-3-17-35)43-23-9-7-21-40(43)44/h1-26,28,33H,27H2. The van der Waals surface area contributed by atoms with Gasteiger partial charge in [0.1, 0.15) is 0 Å². The molecule has 2 aliphatic carbocycles. The molecule has 0 fully saturated rings. The van der Waals surface area contributed by atoms with E-state index < -0.39 is 5.41 Å². The number of hydrogen-bond donors (Lipinski definition) is 0. The van der Waals surface area contributed by atoms with Crippen LogP contribution in [0.25, 0.3) is 16.7 Å². The molecular formula is C44H30N2. The van der Waals surface area contributed by atoms with Gasteiger partial charge in [-0.05, 0) is 92.9 Å². The number of benzene rings is 6. The molecule has 1 spiro atoms. The predicted octanol–water partition coefficient (Wildman–Crippen LogP) is 10.8. The summed E-state index contributed by atoms with van der Waals surface area (Å²) in [5, 5.41) is 9.51. The normalized spacial score (nSPS) is 16.5. The van der Waals surface area contributed by atoms with E-state index in [1.165, 1.54) is 55.9 Å². The summed E-state index contributed by atoms with van der Waals surface area (Å²) in [7, 11) is 0. The lowest BCUT2D eigenvalue weighted by Gasteiger charge is -2.45. The Labute approximate surface area is 269 Å². The van der Waals surface area contributed by atoms with Gasteiger partial charge >= 0.3 is 0 Å². The summed E-state index contributed by atoms with van der Waals surface area (Å²) in [6.07, 6.45) is 7.60. The molecular weight excluding hydrogens is 556 g/mol. The van der Waals surface area contributed by atoms with Gasteiger partial charge in [0, 0.05) is 11.6 Å². The van der Waals surface area contributed by atoms with E-state index >= 15 is 0 Å². The number of fused-ring (bicyclic) bond motifs is 9. The van der Waals surface area contributed by atoms with Crippen LogP contribution in [0.15, 0.2) is 164 Å². The van der Waals surface area contributed by atoms with Crippen molar-refractivity contribution in [3.63, 3.8) is 0 Å². The molecule has 1 unspecified atom stereocenters. The second-order valence-corrected chi connectivity index (χ2v) is 12.4. The van der Waals surface area contributed by atoms with Crippen LogP contribution < -0.4 is 4.90 Å². The second kappa shape index (κ2) is 10.3. The molecule has 216 valence electrons. The van der Waals surface area contributed by atoms with E-state index in [1.54, 1.807) is 0 Å². The number of nitriles is 1. The lowest BCUT2D eigenvalue weighted by molar-refractivity contribution is 0.748. The summed E-state index contributed by atoms with van der Waals surface area (Å²) in [6.45, 7) is 0. The highest BCUT2D eigenvalue weighted by atomic mass is 15.2. The molecule has 0 saturated heterocycles. The number of hydrogen-bond acceptors (Lipinski definition) is 2. The van der Waals surface area contributed by atoms with Gasteiger partial charge in [0.25, 0.3) is 0 Å². The number of para-hydroxylation sites is 3. The van der Waals surface area contributed by atoms with Crippen molar-refractivity contribution < 1.29 is 0 Å². The first kappa shape index (κ1) is 26.5. The van der Waals surface area contributed by atoms with E-state index in [0.29, 0.717) is 5.56 Å². The fourth-order valence-electron chi connectivity index (χ4n) is 8.12. The van der Waals surface area contributed by atoms with Crippen molar-refractivity contribution in [2.75, 3.05) is 4.90 Å². The smallest absolute Gasteiger partial charge is 0.0991 e. The fourth-order valence-corrected chi connectivity index (χ4v) is 8.12. The molecule has 1 atom stereocenters. The van der Waals surface area contributed by atoms with Crippen LogP contribution >= 0.6 is 0 Å². The minimum atomic E-state index is -0.460. The maximum atomic E-state index is 9.51. The van der Waals surface area contributed by atoms with Crippen LogP contribution in [-0.4, -0.2) is 0 Å². The molecule has 0 radical (unpaired) electrons. The van der Waals surface area contributed by atoms with Crippen molar-refractivity contribution in [2.45, 2.75) is 17.8 Å². The summed E-state index contributed by atoms with van der Waals surface area (Å²) in [5.74, 6) is 0.228. The number of rotatable bonds is 3. The molecule has 0 amide bonds. The van der Waals surface area contributed by atoms with Crippen LogP contribution in [0.4, 0.5) is 17.1 Å². The van der Waals surface area contributed by atoms with E-state index in [9.17, 15) is 5.26 Å².